The molecule has 1 unspecified atom stereocenters. The molecule has 3 aromatic rings. The normalized spacial score (nSPS) is 16.2. The molecule has 0 bridgehead atoms. The highest BCUT2D eigenvalue weighted by atomic mass is 16.5. The molecule has 1 fully saturated rings. The second-order valence-electron chi connectivity index (χ2n) is 9.47. The maximum atomic E-state index is 13.4. The smallest absolute Gasteiger partial charge is 0.295 e. The molecular formula is C32H35NO7. The van der Waals surface area contributed by atoms with Crippen LogP contribution in [0.3, 0.4) is 0 Å². The molecule has 1 amide bonds. The minimum atomic E-state index is -0.816. The lowest BCUT2D eigenvalue weighted by atomic mass is 9.95. The van der Waals surface area contributed by atoms with Crippen LogP contribution in [0.2, 0.25) is 0 Å². The molecule has 0 saturated carbocycles. The van der Waals surface area contributed by atoms with Crippen molar-refractivity contribution < 1.29 is 33.6 Å². The minimum Gasteiger partial charge on any atom is -0.507 e. The van der Waals surface area contributed by atoms with E-state index in [4.69, 9.17) is 18.9 Å². The summed E-state index contributed by atoms with van der Waals surface area (Å²) in [4.78, 5) is 28.3. The Kier molecular flexibility index (Phi) is 9.32. The van der Waals surface area contributed by atoms with E-state index in [9.17, 15) is 14.7 Å². The monoisotopic (exact) mass is 545 g/mol. The number of unbranched alkanes of at least 4 members (excludes halogenated alkanes) is 2. The van der Waals surface area contributed by atoms with Gasteiger partial charge in [-0.2, -0.15) is 0 Å². The van der Waals surface area contributed by atoms with Gasteiger partial charge in [0.1, 0.15) is 17.3 Å². The number of carbonyl (C=O) groups excluding carboxylic acids is 2. The third-order valence-electron chi connectivity index (χ3n) is 6.92. The Morgan fingerprint density at radius 2 is 1.50 bits per heavy atom. The molecule has 1 N–H and O–H groups in total. The van der Waals surface area contributed by atoms with Crippen LogP contribution in [-0.4, -0.2) is 49.6 Å². The minimum absolute atomic E-state index is 0.0206. The van der Waals surface area contributed by atoms with Gasteiger partial charge in [0.25, 0.3) is 11.7 Å². The molecule has 1 saturated heterocycles. The van der Waals surface area contributed by atoms with Crippen molar-refractivity contribution in [2.75, 3.05) is 27.9 Å². The van der Waals surface area contributed by atoms with Crippen LogP contribution in [0.4, 0.5) is 0 Å². The Morgan fingerprint density at radius 1 is 0.825 bits per heavy atom. The van der Waals surface area contributed by atoms with Crippen molar-refractivity contribution in [3.8, 4) is 23.0 Å². The number of benzene rings is 3. The Morgan fingerprint density at radius 3 is 2.12 bits per heavy atom. The number of rotatable bonds is 12. The zero-order chi connectivity index (χ0) is 28.6. The molecule has 40 heavy (non-hydrogen) atoms. The van der Waals surface area contributed by atoms with Gasteiger partial charge in [-0.1, -0.05) is 38.0 Å². The molecule has 1 heterocycles. The molecule has 0 radical (unpaired) electrons. The fourth-order valence-corrected chi connectivity index (χ4v) is 4.76. The maximum Gasteiger partial charge on any atom is 0.295 e. The van der Waals surface area contributed by atoms with Crippen molar-refractivity contribution in [1.82, 2.24) is 4.90 Å². The van der Waals surface area contributed by atoms with Gasteiger partial charge < -0.3 is 29.0 Å². The van der Waals surface area contributed by atoms with Crippen LogP contribution in [0.1, 0.15) is 48.9 Å². The number of likely N-dealkylation sites (tertiary alicyclic amines) is 1. The number of carbonyl (C=O) groups is 2. The average Bonchev–Trinajstić information content (AvgIpc) is 3.24. The highest BCUT2D eigenvalue weighted by Gasteiger charge is 2.46. The summed E-state index contributed by atoms with van der Waals surface area (Å²) in [5.74, 6) is 0.675. The molecule has 0 spiro atoms. The summed E-state index contributed by atoms with van der Waals surface area (Å²) in [7, 11) is 4.65. The van der Waals surface area contributed by atoms with Crippen LogP contribution in [-0.2, 0) is 16.1 Å². The number of aliphatic hydroxyl groups is 1. The number of nitrogens with zero attached hydrogens (tertiary/aromatic N) is 1. The number of ketones is 1. The van der Waals surface area contributed by atoms with Crippen LogP contribution in [0.15, 0.2) is 72.3 Å². The summed E-state index contributed by atoms with van der Waals surface area (Å²) in [6, 6.07) is 18.5. The van der Waals surface area contributed by atoms with E-state index in [0.717, 1.165) is 24.8 Å². The first-order chi connectivity index (χ1) is 19.4. The molecule has 3 aromatic carbocycles. The summed E-state index contributed by atoms with van der Waals surface area (Å²) in [5.41, 5.74) is 1.84. The second-order valence-corrected chi connectivity index (χ2v) is 9.47. The van der Waals surface area contributed by atoms with Crippen LogP contribution < -0.4 is 18.9 Å². The quantitative estimate of drug-likeness (QED) is 0.131. The first-order valence-corrected chi connectivity index (χ1v) is 13.3. The SMILES string of the molecule is CCCCCOc1ccc(/C(O)=C2\C(=O)C(=O)N(Cc3ccc(OC)c(OC)c3)C2c2ccc(OC)cc2)cc1. The molecule has 4 rings (SSSR count). The first-order valence-electron chi connectivity index (χ1n) is 13.3. The molecule has 8 heteroatoms. The van der Waals surface area contributed by atoms with Crippen LogP contribution in [0.5, 0.6) is 23.0 Å². The van der Waals surface area contributed by atoms with Gasteiger partial charge in [0, 0.05) is 12.1 Å². The average molecular weight is 546 g/mol. The Bertz CT molecular complexity index is 1360. The second kappa shape index (κ2) is 13.1. The van der Waals surface area contributed by atoms with Crippen LogP contribution >= 0.6 is 0 Å². The lowest BCUT2D eigenvalue weighted by Crippen LogP contribution is -2.29. The number of aliphatic hydroxyl groups excluding tert-OH is 1. The first kappa shape index (κ1) is 28.5. The van der Waals surface area contributed by atoms with Crippen molar-refractivity contribution in [2.24, 2.45) is 0 Å². The van der Waals surface area contributed by atoms with Gasteiger partial charge in [0.2, 0.25) is 0 Å². The molecule has 0 aliphatic carbocycles. The lowest BCUT2D eigenvalue weighted by molar-refractivity contribution is -0.140. The summed E-state index contributed by atoms with van der Waals surface area (Å²) in [6.45, 7) is 2.86. The van der Waals surface area contributed by atoms with E-state index in [1.54, 1.807) is 74.9 Å². The summed E-state index contributed by atoms with van der Waals surface area (Å²) >= 11 is 0. The van der Waals surface area contributed by atoms with E-state index in [-0.39, 0.29) is 17.9 Å². The molecule has 1 atom stereocenters. The van der Waals surface area contributed by atoms with E-state index < -0.39 is 17.7 Å². The fourth-order valence-electron chi connectivity index (χ4n) is 4.76. The number of ether oxygens (including phenoxy) is 4. The predicted octanol–water partition coefficient (Wildman–Crippen LogP) is 5.90. The number of hydrogen-bond acceptors (Lipinski definition) is 7. The number of hydrogen-bond donors (Lipinski definition) is 1. The van der Waals surface area contributed by atoms with E-state index in [2.05, 4.69) is 6.92 Å². The standard InChI is InChI=1S/C32H35NO7/c1-5-6-7-18-40-25-15-11-23(12-16-25)30(34)28-29(22-9-13-24(37-2)14-10-22)33(32(36)31(28)35)20-21-8-17-26(38-3)27(19-21)39-4/h8-17,19,29,34H,5-7,18,20H2,1-4H3/b30-28+. The van der Waals surface area contributed by atoms with E-state index in [0.29, 0.717) is 40.7 Å². The van der Waals surface area contributed by atoms with E-state index >= 15 is 0 Å². The molecular weight excluding hydrogens is 510 g/mol. The largest absolute Gasteiger partial charge is 0.507 e. The Labute approximate surface area is 234 Å². The van der Waals surface area contributed by atoms with Crippen LogP contribution in [0, 0.1) is 0 Å². The Balaban J connectivity index is 1.72. The van der Waals surface area contributed by atoms with Gasteiger partial charge in [-0.25, -0.2) is 0 Å². The Hall–Kier alpha value is -4.46. The third kappa shape index (κ3) is 6.06. The predicted molar refractivity (Wildman–Crippen MR) is 152 cm³/mol. The zero-order valence-electron chi connectivity index (χ0n) is 23.3. The molecule has 210 valence electrons. The molecule has 1 aliphatic heterocycles. The highest BCUT2D eigenvalue weighted by molar-refractivity contribution is 6.46. The summed E-state index contributed by atoms with van der Waals surface area (Å²) < 4.78 is 21.8. The number of methoxy groups -OCH3 is 3. The van der Waals surface area contributed by atoms with E-state index in [1.807, 2.05) is 6.07 Å². The van der Waals surface area contributed by atoms with Gasteiger partial charge in [0.15, 0.2) is 11.5 Å². The molecule has 1 aliphatic rings. The van der Waals surface area contributed by atoms with Gasteiger partial charge >= 0.3 is 0 Å². The number of amides is 1. The van der Waals surface area contributed by atoms with Crippen molar-refractivity contribution in [1.29, 1.82) is 0 Å². The molecule has 0 aromatic heterocycles. The highest BCUT2D eigenvalue weighted by Crippen LogP contribution is 2.41. The maximum absolute atomic E-state index is 13.4. The summed E-state index contributed by atoms with van der Waals surface area (Å²) in [5, 5.41) is 11.4. The van der Waals surface area contributed by atoms with Crippen molar-refractivity contribution in [3.05, 3.63) is 89.0 Å². The van der Waals surface area contributed by atoms with Gasteiger partial charge in [-0.3, -0.25) is 9.59 Å². The molecule has 8 nitrogen and oxygen atoms in total. The van der Waals surface area contributed by atoms with Crippen molar-refractivity contribution >= 4 is 17.4 Å². The van der Waals surface area contributed by atoms with Gasteiger partial charge in [-0.15, -0.1) is 0 Å². The third-order valence-corrected chi connectivity index (χ3v) is 6.92. The number of Topliss-reactive ketones (excluding diaryl/α,β-unsaturated/α-hetero) is 1. The van der Waals surface area contributed by atoms with E-state index in [1.165, 1.54) is 12.0 Å². The topological polar surface area (TPSA) is 94.5 Å². The van der Waals surface area contributed by atoms with Crippen LogP contribution in [0.25, 0.3) is 5.76 Å². The zero-order valence-corrected chi connectivity index (χ0v) is 23.3. The van der Waals surface area contributed by atoms with Gasteiger partial charge in [-0.05, 0) is 66.1 Å². The fraction of sp³-hybridized carbons (Fsp3) is 0.312. The van der Waals surface area contributed by atoms with Crippen molar-refractivity contribution in [3.63, 3.8) is 0 Å². The van der Waals surface area contributed by atoms with Crippen molar-refractivity contribution in [2.45, 2.75) is 38.8 Å². The summed E-state index contributed by atoms with van der Waals surface area (Å²) in [6.07, 6.45) is 3.16. The van der Waals surface area contributed by atoms with Gasteiger partial charge in [0.05, 0.1) is 39.6 Å². The lowest BCUT2D eigenvalue weighted by Gasteiger charge is -2.26.